The quantitative estimate of drug-likeness (QED) is 0.406. The number of halogens is 3. The number of nitrogens with one attached hydrogen (secondary N) is 1. The Morgan fingerprint density at radius 3 is 2.65 bits per heavy atom. The van der Waals surface area contributed by atoms with Gasteiger partial charge in [0.2, 0.25) is 0 Å². The number of aromatic amines is 1. The van der Waals surface area contributed by atoms with Crippen LogP contribution in [-0.4, -0.2) is 15.0 Å². The number of rotatable bonds is 4. The largest absolute Gasteiger partial charge is 0.417 e. The van der Waals surface area contributed by atoms with Gasteiger partial charge in [-0.25, -0.2) is 9.97 Å². The molecule has 10 heteroatoms. The van der Waals surface area contributed by atoms with Crippen molar-refractivity contribution in [3.05, 3.63) is 74.8 Å². The van der Waals surface area contributed by atoms with Crippen molar-refractivity contribution in [3.8, 4) is 17.2 Å². The van der Waals surface area contributed by atoms with E-state index in [1.807, 2.05) is 35.7 Å². The average molecular weight is 458 g/mol. The molecule has 0 amide bonds. The number of aryl methyl sites for hydroxylation is 1. The van der Waals surface area contributed by atoms with Crippen LogP contribution in [0.15, 0.2) is 51.6 Å². The zero-order chi connectivity index (χ0) is 22.2. The Balaban J connectivity index is 1.68. The van der Waals surface area contributed by atoms with Crippen molar-refractivity contribution < 1.29 is 13.2 Å². The third kappa shape index (κ3) is 4.19. The van der Waals surface area contributed by atoms with Gasteiger partial charge >= 0.3 is 6.18 Å². The van der Waals surface area contributed by atoms with Crippen molar-refractivity contribution in [1.82, 2.24) is 15.0 Å². The van der Waals surface area contributed by atoms with Crippen LogP contribution in [0, 0.1) is 18.3 Å². The number of benzene rings is 1. The molecule has 0 radical (unpaired) electrons. The predicted molar refractivity (Wildman–Crippen MR) is 114 cm³/mol. The number of thiophene rings is 1. The van der Waals surface area contributed by atoms with E-state index in [1.165, 1.54) is 18.3 Å². The number of hydrogen-bond donors (Lipinski definition) is 1. The van der Waals surface area contributed by atoms with Crippen molar-refractivity contribution in [3.63, 3.8) is 0 Å². The molecule has 1 aromatic carbocycles. The van der Waals surface area contributed by atoms with Gasteiger partial charge in [-0.05, 0) is 18.6 Å². The zero-order valence-electron chi connectivity index (χ0n) is 15.9. The summed E-state index contributed by atoms with van der Waals surface area (Å²) in [6, 6.07) is 11.9. The lowest BCUT2D eigenvalue weighted by Crippen LogP contribution is -2.12. The van der Waals surface area contributed by atoms with E-state index in [4.69, 9.17) is 0 Å². The molecule has 5 nitrogen and oxygen atoms in total. The van der Waals surface area contributed by atoms with Gasteiger partial charge in [-0.1, -0.05) is 42.1 Å². The summed E-state index contributed by atoms with van der Waals surface area (Å²) >= 11 is 2.25. The summed E-state index contributed by atoms with van der Waals surface area (Å²) in [5, 5.41) is 11.5. The molecule has 3 heterocycles. The van der Waals surface area contributed by atoms with Crippen molar-refractivity contribution in [1.29, 1.82) is 5.26 Å². The molecule has 0 aliphatic heterocycles. The zero-order valence-corrected chi connectivity index (χ0v) is 17.6. The van der Waals surface area contributed by atoms with Crippen LogP contribution in [0.25, 0.3) is 21.3 Å². The van der Waals surface area contributed by atoms with Gasteiger partial charge in [-0.3, -0.25) is 4.79 Å². The number of aromatic nitrogens is 3. The molecule has 4 aromatic rings. The Bertz CT molecular complexity index is 1370. The summed E-state index contributed by atoms with van der Waals surface area (Å²) in [6.45, 7) is 1.43. The second-order valence-electron chi connectivity index (χ2n) is 6.60. The second kappa shape index (κ2) is 8.17. The molecule has 0 atom stereocenters. The molecule has 0 aliphatic rings. The lowest BCUT2D eigenvalue weighted by atomic mass is 10.1. The number of pyridine rings is 1. The summed E-state index contributed by atoms with van der Waals surface area (Å²) < 4.78 is 39.8. The molecule has 0 aliphatic carbocycles. The Morgan fingerprint density at radius 1 is 1.23 bits per heavy atom. The Labute approximate surface area is 182 Å². The van der Waals surface area contributed by atoms with E-state index in [0.717, 1.165) is 29.0 Å². The van der Waals surface area contributed by atoms with Crippen LogP contribution in [0.1, 0.15) is 22.6 Å². The normalized spacial score (nSPS) is 11.6. The minimum absolute atomic E-state index is 0.0475. The highest BCUT2D eigenvalue weighted by atomic mass is 32.2. The minimum atomic E-state index is -4.66. The first-order valence-electron chi connectivity index (χ1n) is 8.95. The summed E-state index contributed by atoms with van der Waals surface area (Å²) in [5.74, 6) is 0.358. The lowest BCUT2D eigenvalue weighted by molar-refractivity contribution is -0.138. The topological polar surface area (TPSA) is 82.4 Å². The number of H-pyrrole nitrogens is 1. The van der Waals surface area contributed by atoms with Gasteiger partial charge in [0.1, 0.15) is 21.7 Å². The van der Waals surface area contributed by atoms with Crippen LogP contribution in [0.5, 0.6) is 0 Å². The summed E-state index contributed by atoms with van der Waals surface area (Å²) in [7, 11) is 0. The maximum absolute atomic E-state index is 13.3. The van der Waals surface area contributed by atoms with Gasteiger partial charge in [-0.15, -0.1) is 11.3 Å². The highest BCUT2D eigenvalue weighted by molar-refractivity contribution is 7.98. The highest BCUT2D eigenvalue weighted by Gasteiger charge is 2.35. The van der Waals surface area contributed by atoms with Gasteiger partial charge in [0.15, 0.2) is 0 Å². The number of thioether (sulfide) groups is 1. The predicted octanol–water partition coefficient (Wildman–Crippen LogP) is 5.54. The lowest BCUT2D eigenvalue weighted by Gasteiger charge is -2.12. The molecule has 0 spiro atoms. The molecule has 0 fully saturated rings. The molecule has 0 unspecified atom stereocenters. The van der Waals surface area contributed by atoms with Crippen molar-refractivity contribution >= 4 is 33.3 Å². The minimum Gasteiger partial charge on any atom is -0.309 e. The first-order valence-corrected chi connectivity index (χ1v) is 10.8. The molecule has 156 valence electrons. The van der Waals surface area contributed by atoms with Crippen LogP contribution >= 0.6 is 23.1 Å². The van der Waals surface area contributed by atoms with Crippen LogP contribution in [-0.2, 0) is 11.9 Å². The summed E-state index contributed by atoms with van der Waals surface area (Å²) in [5.41, 5.74) is -0.0616. The van der Waals surface area contributed by atoms with Crippen molar-refractivity contribution in [2.24, 2.45) is 0 Å². The Kier molecular flexibility index (Phi) is 5.56. The highest BCUT2D eigenvalue weighted by Crippen LogP contribution is 2.36. The van der Waals surface area contributed by atoms with E-state index in [9.17, 15) is 23.2 Å². The number of nitriles is 1. The number of nitrogens with zero attached hydrogens (tertiary/aromatic N) is 3. The van der Waals surface area contributed by atoms with E-state index in [1.54, 1.807) is 6.07 Å². The third-order valence-electron chi connectivity index (χ3n) is 4.45. The van der Waals surface area contributed by atoms with E-state index in [2.05, 4.69) is 15.0 Å². The second-order valence-corrected chi connectivity index (χ2v) is 8.42. The Hall–Kier alpha value is -3.16. The maximum Gasteiger partial charge on any atom is 0.417 e. The molecule has 0 saturated carbocycles. The molecule has 31 heavy (non-hydrogen) atoms. The molecule has 0 saturated heterocycles. The average Bonchev–Trinajstić information content (AvgIpc) is 3.16. The fourth-order valence-electron chi connectivity index (χ4n) is 3.11. The molecule has 3 aromatic heterocycles. The van der Waals surface area contributed by atoms with Crippen molar-refractivity contribution in [2.45, 2.75) is 23.9 Å². The SMILES string of the molecule is Cc1cc(C(F)(F)F)c(C#N)c(SCc2nc3scc(-c4ccccc4)c3c(=O)[nH]2)n1. The molecular weight excluding hydrogens is 445 g/mol. The smallest absolute Gasteiger partial charge is 0.309 e. The fourth-order valence-corrected chi connectivity index (χ4v) is 4.99. The summed E-state index contributed by atoms with van der Waals surface area (Å²) in [4.78, 5) is 24.5. The first kappa shape index (κ1) is 21.1. The maximum atomic E-state index is 13.3. The van der Waals surface area contributed by atoms with Gasteiger partial charge in [-0.2, -0.15) is 18.4 Å². The van der Waals surface area contributed by atoms with E-state index in [-0.39, 0.29) is 22.0 Å². The molecule has 4 rings (SSSR count). The van der Waals surface area contributed by atoms with Crippen LogP contribution in [0.2, 0.25) is 0 Å². The first-order chi connectivity index (χ1) is 14.8. The Morgan fingerprint density at radius 2 is 1.97 bits per heavy atom. The summed E-state index contributed by atoms with van der Waals surface area (Å²) in [6.07, 6.45) is -4.66. The van der Waals surface area contributed by atoms with E-state index in [0.29, 0.717) is 16.0 Å². The van der Waals surface area contributed by atoms with Gasteiger partial charge in [0, 0.05) is 16.6 Å². The van der Waals surface area contributed by atoms with Gasteiger partial charge < -0.3 is 4.98 Å². The molecular formula is C21H13F3N4OS2. The van der Waals surface area contributed by atoms with Gasteiger partial charge in [0.05, 0.1) is 22.3 Å². The monoisotopic (exact) mass is 458 g/mol. The third-order valence-corrected chi connectivity index (χ3v) is 6.31. The van der Waals surface area contributed by atoms with Crippen LogP contribution in [0.4, 0.5) is 13.2 Å². The van der Waals surface area contributed by atoms with E-state index < -0.39 is 17.3 Å². The number of fused-ring (bicyclic) bond motifs is 1. The van der Waals surface area contributed by atoms with Crippen LogP contribution in [0.3, 0.4) is 0 Å². The van der Waals surface area contributed by atoms with Crippen LogP contribution < -0.4 is 5.56 Å². The number of hydrogen-bond acceptors (Lipinski definition) is 6. The van der Waals surface area contributed by atoms with Gasteiger partial charge in [0.25, 0.3) is 5.56 Å². The molecule has 1 N–H and O–H groups in total. The molecule has 0 bridgehead atoms. The van der Waals surface area contributed by atoms with Crippen molar-refractivity contribution in [2.75, 3.05) is 0 Å². The standard InChI is InChI=1S/C21H13F3N4OS2/c1-11-7-15(21(22,23)24)13(8-25)19(26-11)31-10-16-27-18(29)17-14(9-30-20(17)28-16)12-5-3-2-4-6-12/h2-7,9H,10H2,1H3,(H,27,28,29). The van der Waals surface area contributed by atoms with E-state index >= 15 is 0 Å². The fraction of sp³-hybridized carbons (Fsp3) is 0.143. The number of alkyl halides is 3.